The van der Waals surface area contributed by atoms with Crippen LogP contribution in [-0.4, -0.2) is 68.7 Å². The van der Waals surface area contributed by atoms with E-state index in [2.05, 4.69) is 21.7 Å². The Hall–Kier alpha value is -3.03. The highest BCUT2D eigenvalue weighted by Gasteiger charge is 2.26. The number of benzene rings is 2. The van der Waals surface area contributed by atoms with Gasteiger partial charge in [0.1, 0.15) is 19.0 Å². The number of methoxy groups -OCH3 is 1. The van der Waals surface area contributed by atoms with E-state index in [1.54, 1.807) is 25.4 Å². The number of carbonyl (C=O) groups is 1. The molecule has 0 aliphatic carbocycles. The highest BCUT2D eigenvalue weighted by atomic mass is 35.5. The minimum absolute atomic E-state index is 0. The Morgan fingerprint density at radius 2 is 1.70 bits per heavy atom. The molecule has 0 spiro atoms. The molecule has 3 heterocycles. The fourth-order valence-corrected chi connectivity index (χ4v) is 4.41. The first kappa shape index (κ1) is 23.1. The van der Waals surface area contributed by atoms with Crippen LogP contribution < -0.4 is 19.1 Å². The molecule has 1 aromatic heterocycles. The zero-order valence-corrected chi connectivity index (χ0v) is 19.7. The molecule has 0 saturated carbocycles. The van der Waals surface area contributed by atoms with Crippen molar-refractivity contribution in [1.82, 2.24) is 9.88 Å². The van der Waals surface area contributed by atoms with Gasteiger partial charge < -0.3 is 24.0 Å². The van der Waals surface area contributed by atoms with E-state index in [1.165, 1.54) is 0 Å². The number of ether oxygens (including phenoxy) is 3. The largest absolute Gasteiger partial charge is 0.497 e. The van der Waals surface area contributed by atoms with Crippen molar-refractivity contribution in [3.05, 3.63) is 53.7 Å². The zero-order chi connectivity index (χ0) is 22.1. The van der Waals surface area contributed by atoms with Crippen molar-refractivity contribution in [2.75, 3.05) is 57.9 Å². The molecule has 8 heteroatoms. The Morgan fingerprint density at radius 3 is 2.33 bits per heavy atom. The number of likely N-dealkylation sites (N-methyl/N-ethyl adjacent to an activating group) is 1. The number of hydrogen-bond acceptors (Lipinski definition) is 7. The summed E-state index contributed by atoms with van der Waals surface area (Å²) in [6.07, 6.45) is 1.70. The molecule has 2 aliphatic rings. The minimum Gasteiger partial charge on any atom is -0.497 e. The van der Waals surface area contributed by atoms with E-state index >= 15 is 0 Å². The lowest BCUT2D eigenvalue weighted by Crippen LogP contribution is -2.46. The number of nitrogens with zero attached hydrogens (tertiary/aromatic N) is 3. The average molecular weight is 470 g/mol. The number of rotatable bonds is 5. The summed E-state index contributed by atoms with van der Waals surface area (Å²) < 4.78 is 16.8. The van der Waals surface area contributed by atoms with Gasteiger partial charge in [0.15, 0.2) is 17.3 Å². The third kappa shape index (κ3) is 4.43. The minimum atomic E-state index is -0.0511. The maximum absolute atomic E-state index is 13.6. The van der Waals surface area contributed by atoms with Crippen LogP contribution in [0.25, 0.3) is 10.9 Å². The van der Waals surface area contributed by atoms with Crippen molar-refractivity contribution >= 4 is 34.8 Å². The fraction of sp³-hybridized carbons (Fsp3) is 0.360. The number of carbonyl (C=O) groups excluding carboxylic acids is 1. The van der Waals surface area contributed by atoms with Crippen LogP contribution in [0.15, 0.2) is 42.6 Å². The fourth-order valence-electron chi connectivity index (χ4n) is 4.41. The molecule has 33 heavy (non-hydrogen) atoms. The van der Waals surface area contributed by atoms with E-state index < -0.39 is 0 Å². The SMILES string of the molecule is CCN1CCN(c2c(C(=O)c3ccc(OC)cc3)cnc3cc4c(cc23)OCCO4)CC1.Cl. The summed E-state index contributed by atoms with van der Waals surface area (Å²) in [5.74, 6) is 2.07. The van der Waals surface area contributed by atoms with E-state index in [0.717, 1.165) is 55.1 Å². The van der Waals surface area contributed by atoms with Crippen molar-refractivity contribution in [2.45, 2.75) is 6.92 Å². The van der Waals surface area contributed by atoms with Crippen LogP contribution in [0.3, 0.4) is 0 Å². The molecular formula is C25H28ClN3O4. The van der Waals surface area contributed by atoms with Crippen LogP contribution >= 0.6 is 12.4 Å². The normalized spacial score (nSPS) is 15.8. The van der Waals surface area contributed by atoms with Gasteiger partial charge >= 0.3 is 0 Å². The maximum atomic E-state index is 13.6. The van der Waals surface area contributed by atoms with Gasteiger partial charge in [-0.15, -0.1) is 12.4 Å². The van der Waals surface area contributed by atoms with Crippen LogP contribution in [0.2, 0.25) is 0 Å². The van der Waals surface area contributed by atoms with Gasteiger partial charge in [0, 0.05) is 49.4 Å². The summed E-state index contributed by atoms with van der Waals surface area (Å²) in [6, 6.07) is 11.1. The molecule has 5 rings (SSSR count). The smallest absolute Gasteiger partial charge is 0.196 e. The number of halogens is 1. The lowest BCUT2D eigenvalue weighted by molar-refractivity contribution is 0.103. The van der Waals surface area contributed by atoms with Crippen LogP contribution in [0.4, 0.5) is 5.69 Å². The number of piperazine rings is 1. The molecule has 2 aromatic carbocycles. The number of fused-ring (bicyclic) bond motifs is 2. The highest BCUT2D eigenvalue weighted by molar-refractivity contribution is 6.16. The van der Waals surface area contributed by atoms with Crippen molar-refractivity contribution in [3.8, 4) is 17.2 Å². The molecule has 0 radical (unpaired) electrons. The summed E-state index contributed by atoms with van der Waals surface area (Å²) >= 11 is 0. The molecular weight excluding hydrogens is 442 g/mol. The zero-order valence-electron chi connectivity index (χ0n) is 18.9. The van der Waals surface area contributed by atoms with Crippen LogP contribution in [-0.2, 0) is 0 Å². The molecule has 0 unspecified atom stereocenters. The molecule has 174 valence electrons. The number of hydrogen-bond donors (Lipinski definition) is 0. The van der Waals surface area contributed by atoms with Crippen LogP contribution in [0, 0.1) is 0 Å². The van der Waals surface area contributed by atoms with Gasteiger partial charge in [-0.2, -0.15) is 0 Å². The summed E-state index contributed by atoms with van der Waals surface area (Å²) in [7, 11) is 1.62. The van der Waals surface area contributed by atoms with Crippen molar-refractivity contribution in [2.24, 2.45) is 0 Å². The summed E-state index contributed by atoms with van der Waals surface area (Å²) in [5.41, 5.74) is 2.93. The van der Waals surface area contributed by atoms with Gasteiger partial charge in [-0.05, 0) is 36.9 Å². The third-order valence-corrected chi connectivity index (χ3v) is 6.24. The Labute approximate surface area is 199 Å². The standard InChI is InChI=1S/C25H27N3O4.ClH/c1-3-27-8-10-28(11-9-27)24-19-14-22-23(32-13-12-31-22)15-21(19)26-16-20(24)25(29)17-4-6-18(30-2)7-5-17;/h4-7,14-16H,3,8-13H2,1-2H3;1H. The first-order valence-electron chi connectivity index (χ1n) is 11.1. The number of ketones is 1. The summed E-state index contributed by atoms with van der Waals surface area (Å²) in [5, 5.41) is 0.915. The van der Waals surface area contributed by atoms with Crippen molar-refractivity contribution in [3.63, 3.8) is 0 Å². The summed E-state index contributed by atoms with van der Waals surface area (Å²) in [4.78, 5) is 23.0. The summed E-state index contributed by atoms with van der Waals surface area (Å²) in [6.45, 7) is 7.87. The van der Waals surface area contributed by atoms with E-state index in [9.17, 15) is 4.79 Å². The Kier molecular flexibility index (Phi) is 6.91. The van der Waals surface area contributed by atoms with E-state index in [-0.39, 0.29) is 18.2 Å². The second-order valence-corrected chi connectivity index (χ2v) is 8.01. The molecule has 7 nitrogen and oxygen atoms in total. The lowest BCUT2D eigenvalue weighted by Gasteiger charge is -2.37. The van der Waals surface area contributed by atoms with Gasteiger partial charge in [-0.25, -0.2) is 0 Å². The second-order valence-electron chi connectivity index (χ2n) is 8.01. The number of anilines is 1. The molecule has 3 aromatic rings. The van der Waals surface area contributed by atoms with E-state index in [0.29, 0.717) is 35.8 Å². The van der Waals surface area contributed by atoms with Gasteiger partial charge in [0.25, 0.3) is 0 Å². The third-order valence-electron chi connectivity index (χ3n) is 6.24. The predicted octanol–water partition coefficient (Wildman–Crippen LogP) is 3.81. The Morgan fingerprint density at radius 1 is 1.03 bits per heavy atom. The Bertz CT molecular complexity index is 1140. The van der Waals surface area contributed by atoms with Crippen LogP contribution in [0.1, 0.15) is 22.8 Å². The first-order valence-corrected chi connectivity index (χ1v) is 11.1. The molecule has 0 bridgehead atoms. The van der Waals surface area contributed by atoms with E-state index in [4.69, 9.17) is 14.2 Å². The number of aromatic nitrogens is 1. The molecule has 1 saturated heterocycles. The monoisotopic (exact) mass is 469 g/mol. The highest BCUT2D eigenvalue weighted by Crippen LogP contribution is 2.39. The average Bonchev–Trinajstić information content (AvgIpc) is 2.86. The van der Waals surface area contributed by atoms with Gasteiger partial charge in [0.05, 0.1) is 23.9 Å². The number of pyridine rings is 1. The molecule has 0 amide bonds. The molecule has 2 aliphatic heterocycles. The predicted molar refractivity (Wildman–Crippen MR) is 131 cm³/mol. The molecule has 0 atom stereocenters. The molecule has 1 fully saturated rings. The van der Waals surface area contributed by atoms with E-state index in [1.807, 2.05) is 24.3 Å². The van der Waals surface area contributed by atoms with Gasteiger partial charge in [-0.1, -0.05) is 6.92 Å². The Balaban J connectivity index is 0.00000259. The van der Waals surface area contributed by atoms with Crippen molar-refractivity contribution < 1.29 is 19.0 Å². The quantitative estimate of drug-likeness (QED) is 0.526. The first-order chi connectivity index (χ1) is 15.7. The van der Waals surface area contributed by atoms with Crippen molar-refractivity contribution in [1.29, 1.82) is 0 Å². The second kappa shape index (κ2) is 9.85. The molecule has 0 N–H and O–H groups in total. The maximum Gasteiger partial charge on any atom is 0.196 e. The van der Waals surface area contributed by atoms with Gasteiger partial charge in [-0.3, -0.25) is 9.78 Å². The van der Waals surface area contributed by atoms with Crippen LogP contribution in [0.5, 0.6) is 17.2 Å². The topological polar surface area (TPSA) is 64.1 Å². The van der Waals surface area contributed by atoms with Gasteiger partial charge in [0.2, 0.25) is 0 Å². The lowest BCUT2D eigenvalue weighted by atomic mass is 9.99.